The zero-order valence-electron chi connectivity index (χ0n) is 13.7. The van der Waals surface area contributed by atoms with E-state index in [1.807, 2.05) is 6.07 Å². The molecule has 0 bridgehead atoms. The van der Waals surface area contributed by atoms with Crippen LogP contribution in [0, 0.1) is 0 Å². The minimum Gasteiger partial charge on any atom is -0.465 e. The molecular weight excluding hydrogens is 354 g/mol. The molecule has 8 heteroatoms. The fourth-order valence-corrected chi connectivity index (χ4v) is 3.73. The van der Waals surface area contributed by atoms with Gasteiger partial charge in [-0.05, 0) is 29.7 Å². The Kier molecular flexibility index (Phi) is 3.89. The van der Waals surface area contributed by atoms with Crippen molar-refractivity contribution in [3.63, 3.8) is 0 Å². The van der Waals surface area contributed by atoms with Crippen molar-refractivity contribution < 1.29 is 19.1 Å². The van der Waals surface area contributed by atoms with Gasteiger partial charge in [-0.15, -0.1) is 11.3 Å². The van der Waals surface area contributed by atoms with Gasteiger partial charge in [-0.1, -0.05) is 0 Å². The van der Waals surface area contributed by atoms with Gasteiger partial charge < -0.3 is 9.72 Å². The number of imide groups is 1. The average molecular weight is 367 g/mol. The zero-order chi connectivity index (χ0) is 18.3. The predicted octanol–water partition coefficient (Wildman–Crippen LogP) is 2.76. The molecule has 4 heterocycles. The molecule has 2 amide bonds. The second-order valence-electron chi connectivity index (χ2n) is 5.65. The van der Waals surface area contributed by atoms with E-state index in [0.29, 0.717) is 11.2 Å². The Bertz CT molecular complexity index is 1080. The predicted molar refractivity (Wildman–Crippen MR) is 96.8 cm³/mol. The third-order valence-electron chi connectivity index (χ3n) is 4.14. The van der Waals surface area contributed by atoms with Gasteiger partial charge in [0.1, 0.15) is 10.5 Å². The Balaban J connectivity index is 1.72. The molecule has 3 aromatic rings. The van der Waals surface area contributed by atoms with Crippen molar-refractivity contribution in [3.05, 3.63) is 52.0 Å². The Morgan fingerprint density at radius 1 is 1.38 bits per heavy atom. The summed E-state index contributed by atoms with van der Waals surface area (Å²) in [5, 5.41) is 2.51. The molecule has 0 spiro atoms. The quantitative estimate of drug-likeness (QED) is 0.437. The first-order valence-electron chi connectivity index (χ1n) is 7.76. The summed E-state index contributed by atoms with van der Waals surface area (Å²) in [6, 6.07) is 5.27. The summed E-state index contributed by atoms with van der Waals surface area (Å²) >= 11 is 1.13. The lowest BCUT2D eigenvalue weighted by molar-refractivity contribution is -0.120. The number of thiophene rings is 1. The smallest absolute Gasteiger partial charge is 0.350 e. The SMILES string of the molecule is COC(=O)c1sccc1N1C(=O)C/C(=C/c2c[nH]c3ncccc23)C1=O. The number of hydrogen-bond donors (Lipinski definition) is 1. The number of H-pyrrole nitrogens is 1. The molecule has 3 aromatic heterocycles. The van der Waals surface area contributed by atoms with Gasteiger partial charge >= 0.3 is 5.97 Å². The first-order chi connectivity index (χ1) is 12.6. The standard InChI is InChI=1S/C18H13N3O4S/c1-25-18(24)15-13(4-6-26-15)21-14(22)8-10(17(21)23)7-11-9-20-16-12(11)3-2-5-19-16/h2-7,9H,8H2,1H3,(H,19,20)/b10-7-. The molecule has 1 fully saturated rings. The van der Waals surface area contributed by atoms with Gasteiger partial charge in [0.25, 0.3) is 5.91 Å². The first kappa shape index (κ1) is 16.2. The number of aromatic nitrogens is 2. The molecule has 1 aliphatic rings. The summed E-state index contributed by atoms with van der Waals surface area (Å²) < 4.78 is 4.72. The number of nitrogens with zero attached hydrogens (tertiary/aromatic N) is 2. The Labute approximate surface area is 151 Å². The van der Waals surface area contributed by atoms with E-state index < -0.39 is 11.9 Å². The second kappa shape index (κ2) is 6.23. The number of rotatable bonds is 3. The fourth-order valence-electron chi connectivity index (χ4n) is 2.94. The van der Waals surface area contributed by atoms with Crippen LogP contribution in [-0.4, -0.2) is 34.9 Å². The van der Waals surface area contributed by atoms with Crippen LogP contribution in [0.3, 0.4) is 0 Å². The number of amides is 2. The fraction of sp³-hybridized carbons (Fsp3) is 0.111. The molecule has 0 aliphatic carbocycles. The number of aromatic amines is 1. The molecule has 0 saturated carbocycles. The summed E-state index contributed by atoms with van der Waals surface area (Å²) in [5.41, 5.74) is 2.12. The Hall–Kier alpha value is -3.26. The van der Waals surface area contributed by atoms with E-state index >= 15 is 0 Å². The highest BCUT2D eigenvalue weighted by atomic mass is 32.1. The molecule has 26 heavy (non-hydrogen) atoms. The lowest BCUT2D eigenvalue weighted by Gasteiger charge is -2.13. The molecule has 4 rings (SSSR count). The summed E-state index contributed by atoms with van der Waals surface area (Å²) in [6.45, 7) is 0. The molecule has 0 atom stereocenters. The Morgan fingerprint density at radius 2 is 2.23 bits per heavy atom. The van der Waals surface area contributed by atoms with E-state index in [1.54, 1.807) is 36.0 Å². The van der Waals surface area contributed by atoms with Crippen LogP contribution in [-0.2, 0) is 14.3 Å². The normalized spacial score (nSPS) is 16.0. The number of esters is 1. The highest BCUT2D eigenvalue weighted by molar-refractivity contribution is 7.12. The highest BCUT2D eigenvalue weighted by Gasteiger charge is 2.37. The largest absolute Gasteiger partial charge is 0.465 e. The van der Waals surface area contributed by atoms with Crippen molar-refractivity contribution in [2.75, 3.05) is 12.0 Å². The summed E-state index contributed by atoms with van der Waals surface area (Å²) in [6.07, 6.45) is 5.08. The van der Waals surface area contributed by atoms with E-state index in [2.05, 4.69) is 9.97 Å². The van der Waals surface area contributed by atoms with E-state index in [0.717, 1.165) is 27.2 Å². The van der Waals surface area contributed by atoms with Gasteiger partial charge in [0.15, 0.2) is 0 Å². The molecule has 1 aliphatic heterocycles. The maximum Gasteiger partial charge on any atom is 0.350 e. The van der Waals surface area contributed by atoms with Gasteiger partial charge in [0.05, 0.1) is 19.2 Å². The van der Waals surface area contributed by atoms with Gasteiger partial charge in [-0.3, -0.25) is 9.59 Å². The second-order valence-corrected chi connectivity index (χ2v) is 6.57. The zero-order valence-corrected chi connectivity index (χ0v) is 14.5. The van der Waals surface area contributed by atoms with Crippen molar-refractivity contribution in [1.29, 1.82) is 0 Å². The van der Waals surface area contributed by atoms with Crippen LogP contribution in [0.5, 0.6) is 0 Å². The molecule has 130 valence electrons. The lowest BCUT2D eigenvalue weighted by atomic mass is 10.1. The monoisotopic (exact) mass is 367 g/mol. The number of carbonyl (C=O) groups excluding carboxylic acids is 3. The molecule has 1 saturated heterocycles. The van der Waals surface area contributed by atoms with Crippen molar-refractivity contribution >= 4 is 51.9 Å². The number of anilines is 1. The van der Waals surface area contributed by atoms with Crippen LogP contribution in [0.25, 0.3) is 17.1 Å². The number of pyridine rings is 1. The van der Waals surface area contributed by atoms with Crippen LogP contribution in [0.4, 0.5) is 5.69 Å². The van der Waals surface area contributed by atoms with E-state index in [9.17, 15) is 14.4 Å². The maximum absolute atomic E-state index is 12.8. The molecule has 1 N–H and O–H groups in total. The first-order valence-corrected chi connectivity index (χ1v) is 8.64. The Morgan fingerprint density at radius 3 is 3.04 bits per heavy atom. The average Bonchev–Trinajstić information content (AvgIpc) is 3.34. The molecule has 0 aromatic carbocycles. The van der Waals surface area contributed by atoms with Gasteiger partial charge in [-0.25, -0.2) is 14.7 Å². The lowest BCUT2D eigenvalue weighted by Crippen LogP contribution is -2.29. The van der Waals surface area contributed by atoms with Crippen LogP contribution in [0.1, 0.15) is 21.7 Å². The van der Waals surface area contributed by atoms with Crippen LogP contribution < -0.4 is 4.90 Å². The minimum atomic E-state index is -0.573. The number of hydrogen-bond acceptors (Lipinski definition) is 6. The van der Waals surface area contributed by atoms with Crippen LogP contribution >= 0.6 is 11.3 Å². The number of carbonyl (C=O) groups is 3. The van der Waals surface area contributed by atoms with Gasteiger partial charge in [-0.2, -0.15) is 0 Å². The van der Waals surface area contributed by atoms with Crippen molar-refractivity contribution in [3.8, 4) is 0 Å². The van der Waals surface area contributed by atoms with Crippen molar-refractivity contribution in [1.82, 2.24) is 9.97 Å². The molecule has 0 unspecified atom stereocenters. The van der Waals surface area contributed by atoms with Crippen molar-refractivity contribution in [2.45, 2.75) is 6.42 Å². The summed E-state index contributed by atoms with van der Waals surface area (Å²) in [5.74, 6) is -1.38. The van der Waals surface area contributed by atoms with Crippen molar-refractivity contribution in [2.24, 2.45) is 0 Å². The van der Waals surface area contributed by atoms with Crippen LogP contribution in [0.15, 0.2) is 41.5 Å². The number of methoxy groups -OCH3 is 1. The third-order valence-corrected chi connectivity index (χ3v) is 5.02. The number of fused-ring (bicyclic) bond motifs is 1. The molecule has 7 nitrogen and oxygen atoms in total. The van der Waals surface area contributed by atoms with E-state index in [1.165, 1.54) is 7.11 Å². The van der Waals surface area contributed by atoms with E-state index in [-0.39, 0.29) is 22.9 Å². The summed E-state index contributed by atoms with van der Waals surface area (Å²) in [4.78, 5) is 45.6. The molecule has 0 radical (unpaired) electrons. The topological polar surface area (TPSA) is 92.4 Å². The number of nitrogens with one attached hydrogen (secondary N) is 1. The molecular formula is C18H13N3O4S. The van der Waals surface area contributed by atoms with E-state index in [4.69, 9.17) is 4.74 Å². The maximum atomic E-state index is 12.8. The van der Waals surface area contributed by atoms with Gasteiger partial charge in [0, 0.05) is 28.9 Å². The number of ether oxygens (including phenoxy) is 1. The van der Waals surface area contributed by atoms with Crippen LogP contribution in [0.2, 0.25) is 0 Å². The third kappa shape index (κ3) is 2.51. The minimum absolute atomic E-state index is 0.0256. The highest BCUT2D eigenvalue weighted by Crippen LogP contribution is 2.34. The van der Waals surface area contributed by atoms with Gasteiger partial charge in [0.2, 0.25) is 5.91 Å². The summed E-state index contributed by atoms with van der Waals surface area (Å²) in [7, 11) is 1.26.